The molecule has 70 valence electrons. The van der Waals surface area contributed by atoms with Crippen molar-refractivity contribution in [2.45, 2.75) is 0 Å². The third kappa shape index (κ3) is 46700. The minimum absolute atomic E-state index is 0. The Morgan fingerprint density at radius 1 is 0.750 bits per heavy atom. The smallest absolute Gasteiger partial charge is 0.545 e. The van der Waals surface area contributed by atoms with Crippen LogP contribution >= 0.6 is 0 Å². The predicted molar refractivity (Wildman–Crippen MR) is 47.1 cm³/mol. The van der Waals surface area contributed by atoms with Gasteiger partial charge in [0.1, 0.15) is 0 Å². The second-order valence-electron chi connectivity index (χ2n) is 0.471. The minimum Gasteiger partial charge on any atom is -0.545 e. The SMILES string of the molecule is C=CC=C.[CH-]=O.[CH-]=O.[CH-]=O.[CH3-].[Ru+4]. The first-order valence-electron chi connectivity index (χ1n) is 1.86. The third-order valence-electron chi connectivity index (χ3n) is 0.167. The molecule has 0 saturated carbocycles. The molecule has 0 spiro atoms. The largest absolute Gasteiger partial charge is 4.00 e. The van der Waals surface area contributed by atoms with E-state index in [1.165, 1.54) is 0 Å². The summed E-state index contributed by atoms with van der Waals surface area (Å²) in [5.74, 6) is 0. The van der Waals surface area contributed by atoms with Gasteiger partial charge < -0.3 is 21.8 Å². The van der Waals surface area contributed by atoms with Gasteiger partial charge in [0.2, 0.25) is 0 Å². The number of rotatable bonds is 1. The van der Waals surface area contributed by atoms with Crippen LogP contribution < -0.4 is 0 Å². The van der Waals surface area contributed by atoms with Crippen molar-refractivity contribution in [3.8, 4) is 0 Å². The summed E-state index contributed by atoms with van der Waals surface area (Å²) in [5, 5.41) is 0. The molecular weight excluding hydrogens is 245 g/mol. The van der Waals surface area contributed by atoms with Gasteiger partial charge in [-0.25, -0.2) is 0 Å². The number of allylic oxidation sites excluding steroid dienone is 2. The Hall–Kier alpha value is -0.887. The Kier molecular flexibility index (Phi) is 2450. The van der Waals surface area contributed by atoms with Crippen molar-refractivity contribution >= 4 is 20.4 Å². The molecule has 3 nitrogen and oxygen atoms in total. The van der Waals surface area contributed by atoms with Gasteiger partial charge in [-0.15, -0.1) is 0 Å². The molecule has 0 saturated heterocycles. The van der Waals surface area contributed by atoms with Gasteiger partial charge in [-0.2, -0.15) is 0 Å². The van der Waals surface area contributed by atoms with Crippen LogP contribution in [0.2, 0.25) is 0 Å². The molecule has 0 aromatic rings. The van der Waals surface area contributed by atoms with Crippen molar-refractivity contribution < 1.29 is 33.9 Å². The van der Waals surface area contributed by atoms with E-state index in [2.05, 4.69) is 33.5 Å². The van der Waals surface area contributed by atoms with Gasteiger partial charge in [0.25, 0.3) is 0 Å². The van der Waals surface area contributed by atoms with E-state index < -0.39 is 0 Å². The summed E-state index contributed by atoms with van der Waals surface area (Å²) in [5.41, 5.74) is 0. The van der Waals surface area contributed by atoms with E-state index in [-0.39, 0.29) is 26.9 Å². The van der Waals surface area contributed by atoms with Crippen LogP contribution in [0.5, 0.6) is 0 Å². The van der Waals surface area contributed by atoms with E-state index in [1.807, 2.05) is 0 Å². The van der Waals surface area contributed by atoms with Gasteiger partial charge in [-0.3, -0.25) is 20.4 Å². The van der Waals surface area contributed by atoms with Gasteiger partial charge >= 0.3 is 19.5 Å². The average Bonchev–Trinajstić information content (AvgIpc) is 2.14. The van der Waals surface area contributed by atoms with Crippen LogP contribution in [0.3, 0.4) is 0 Å². The molecule has 0 aliphatic heterocycles. The van der Waals surface area contributed by atoms with E-state index in [1.54, 1.807) is 12.2 Å². The van der Waals surface area contributed by atoms with E-state index >= 15 is 0 Å². The second-order valence-corrected chi connectivity index (χ2v) is 0.471. The van der Waals surface area contributed by atoms with Gasteiger partial charge in [0, 0.05) is 0 Å². The molecule has 0 N–H and O–H groups in total. The van der Waals surface area contributed by atoms with E-state index in [9.17, 15) is 0 Å². The molecule has 0 atom stereocenters. The molecule has 4 heteroatoms. The first-order chi connectivity index (χ1) is 4.91. The standard InChI is InChI=1S/C4H6.3CHO.CH3.Ru/c1-3-4-2;3*1-2;;/h3-4H,1-2H2;3*1H;1H3;/q;4*-1;+4. The summed E-state index contributed by atoms with van der Waals surface area (Å²) in [4.78, 5) is 23.2. The first kappa shape index (κ1) is 43.5. The predicted octanol–water partition coefficient (Wildman–Crippen LogP) is 0.984. The summed E-state index contributed by atoms with van der Waals surface area (Å²) in [6.07, 6.45) is 3.28. The third-order valence-corrected chi connectivity index (χ3v) is 0.167. The molecule has 12 heavy (non-hydrogen) atoms. The number of carbonyl (C=O) groups excluding carboxylic acids is 3. The molecule has 0 aromatic carbocycles. The Labute approximate surface area is 87.3 Å². The molecule has 0 radical (unpaired) electrons. The van der Waals surface area contributed by atoms with Crippen LogP contribution in [0.1, 0.15) is 0 Å². The summed E-state index contributed by atoms with van der Waals surface area (Å²) in [6, 6.07) is 0. The van der Waals surface area contributed by atoms with Crippen LogP contribution in [-0.2, 0) is 33.9 Å². The topological polar surface area (TPSA) is 51.2 Å². The fraction of sp³-hybridized carbons (Fsp3) is 0. The zero-order chi connectivity index (χ0) is 9.41. The normalized spacial score (nSPS) is 2.67. The maximum atomic E-state index is 7.75. The Bertz CT molecular complexity index is 56.6. The van der Waals surface area contributed by atoms with E-state index in [0.29, 0.717) is 0 Å². The Balaban J connectivity index is -0.0000000101. The van der Waals surface area contributed by atoms with Crippen LogP contribution in [-0.4, -0.2) is 20.4 Å². The molecule has 0 amide bonds. The summed E-state index contributed by atoms with van der Waals surface area (Å²) in [7, 11) is 0. The van der Waals surface area contributed by atoms with Gasteiger partial charge in [-0.05, 0) is 0 Å². The monoisotopic (exact) mass is 258 g/mol. The van der Waals surface area contributed by atoms with Gasteiger partial charge in [0.05, 0.1) is 0 Å². The van der Waals surface area contributed by atoms with Crippen molar-refractivity contribution in [1.82, 2.24) is 0 Å². The molecule has 0 aromatic heterocycles. The maximum absolute atomic E-state index is 7.75. The summed E-state index contributed by atoms with van der Waals surface area (Å²) >= 11 is 0. The Morgan fingerprint density at radius 3 is 0.833 bits per heavy atom. The van der Waals surface area contributed by atoms with Crippen LogP contribution in [0.25, 0.3) is 0 Å². The maximum Gasteiger partial charge on any atom is 4.00 e. The minimum atomic E-state index is 0. The van der Waals surface area contributed by atoms with Crippen LogP contribution in [0.4, 0.5) is 0 Å². The average molecular weight is 257 g/mol. The van der Waals surface area contributed by atoms with Gasteiger partial charge in [0.15, 0.2) is 0 Å². The molecule has 0 unspecified atom stereocenters. The van der Waals surface area contributed by atoms with Crippen molar-refractivity contribution in [3.05, 3.63) is 32.7 Å². The first-order valence-corrected chi connectivity index (χ1v) is 1.86. The van der Waals surface area contributed by atoms with Crippen LogP contribution in [0, 0.1) is 7.43 Å². The second kappa shape index (κ2) is 678. The molecule has 0 aliphatic rings. The summed E-state index contributed by atoms with van der Waals surface area (Å²) < 4.78 is 0. The zero-order valence-corrected chi connectivity index (χ0v) is 8.62. The molecule has 0 aliphatic carbocycles. The molecule has 0 rings (SSSR count). The van der Waals surface area contributed by atoms with Crippen molar-refractivity contribution in [2.24, 2.45) is 0 Å². The van der Waals surface area contributed by atoms with E-state index in [0.717, 1.165) is 0 Å². The fourth-order valence-corrected chi connectivity index (χ4v) is 0. The molecule has 0 heterocycles. The number of hydrogen-bond acceptors (Lipinski definition) is 3. The fourth-order valence-electron chi connectivity index (χ4n) is 0. The van der Waals surface area contributed by atoms with Crippen LogP contribution in [0.15, 0.2) is 25.3 Å². The number of hydrogen-bond donors (Lipinski definition) is 0. The quantitative estimate of drug-likeness (QED) is 0.304. The molecule has 0 bridgehead atoms. The summed E-state index contributed by atoms with van der Waals surface area (Å²) in [6.45, 7) is 16.5. The molecule has 0 fully saturated rings. The van der Waals surface area contributed by atoms with Gasteiger partial charge in [-0.1, -0.05) is 25.3 Å². The van der Waals surface area contributed by atoms with Crippen molar-refractivity contribution in [1.29, 1.82) is 0 Å². The Morgan fingerprint density at radius 2 is 0.833 bits per heavy atom. The van der Waals surface area contributed by atoms with E-state index in [4.69, 9.17) is 14.4 Å². The van der Waals surface area contributed by atoms with Crippen molar-refractivity contribution in [3.63, 3.8) is 0 Å². The molecular formula is C8H12O3Ru. The van der Waals surface area contributed by atoms with Crippen molar-refractivity contribution in [2.75, 3.05) is 0 Å². The zero-order valence-electron chi connectivity index (χ0n) is 6.88.